The van der Waals surface area contributed by atoms with Crippen LogP contribution in [0.5, 0.6) is 0 Å². The molecule has 0 aromatic carbocycles. The number of ether oxygens (including phenoxy) is 1. The van der Waals surface area contributed by atoms with E-state index in [1.807, 2.05) is 22.4 Å². The number of piperazine rings is 1. The molecule has 0 unspecified atom stereocenters. The van der Waals surface area contributed by atoms with Gasteiger partial charge in [-0.25, -0.2) is 0 Å². The molecule has 0 saturated carbocycles. The molecule has 1 aromatic heterocycles. The number of amides is 1. The molecule has 1 aromatic rings. The van der Waals surface area contributed by atoms with Crippen molar-refractivity contribution in [3.8, 4) is 0 Å². The first-order valence-corrected chi connectivity index (χ1v) is 7.20. The summed E-state index contributed by atoms with van der Waals surface area (Å²) in [6, 6.07) is 3.75. The fourth-order valence-electron chi connectivity index (χ4n) is 2.08. The van der Waals surface area contributed by atoms with Crippen LogP contribution in [0, 0.1) is 0 Å². The third-order valence-corrected chi connectivity index (χ3v) is 4.11. The summed E-state index contributed by atoms with van der Waals surface area (Å²) in [7, 11) is 1.40. The Balaban J connectivity index is 1.76. The van der Waals surface area contributed by atoms with Crippen molar-refractivity contribution in [3.63, 3.8) is 0 Å². The molecule has 1 amide bonds. The van der Waals surface area contributed by atoms with Crippen LogP contribution in [0.15, 0.2) is 17.5 Å². The monoisotopic (exact) mass is 282 g/mol. The minimum atomic E-state index is -0.183. The van der Waals surface area contributed by atoms with Crippen LogP contribution >= 0.6 is 11.3 Å². The molecule has 1 fully saturated rings. The molecule has 0 aliphatic carbocycles. The fourth-order valence-corrected chi connectivity index (χ4v) is 2.77. The first-order chi connectivity index (χ1) is 9.20. The van der Waals surface area contributed by atoms with Gasteiger partial charge < -0.3 is 9.64 Å². The highest BCUT2D eigenvalue weighted by molar-refractivity contribution is 7.12. The lowest BCUT2D eigenvalue weighted by Crippen LogP contribution is -2.48. The second-order valence-corrected chi connectivity index (χ2v) is 5.38. The average Bonchev–Trinajstić information content (AvgIpc) is 2.98. The lowest BCUT2D eigenvalue weighted by molar-refractivity contribution is -0.141. The molecule has 2 rings (SSSR count). The number of carbonyl (C=O) groups excluding carboxylic acids is 2. The largest absolute Gasteiger partial charge is 0.469 e. The highest BCUT2D eigenvalue weighted by atomic mass is 32.1. The molecule has 0 atom stereocenters. The van der Waals surface area contributed by atoms with Crippen molar-refractivity contribution < 1.29 is 14.3 Å². The fraction of sp³-hybridized carbons (Fsp3) is 0.538. The molecule has 0 bridgehead atoms. The molecule has 1 aliphatic rings. The van der Waals surface area contributed by atoms with Crippen LogP contribution < -0.4 is 0 Å². The molecule has 2 heterocycles. The van der Waals surface area contributed by atoms with Gasteiger partial charge in [0.25, 0.3) is 5.91 Å². The molecule has 1 saturated heterocycles. The summed E-state index contributed by atoms with van der Waals surface area (Å²) in [5.41, 5.74) is 0. The quantitative estimate of drug-likeness (QED) is 0.775. The summed E-state index contributed by atoms with van der Waals surface area (Å²) in [6.07, 6.45) is 0.412. The number of hydrogen-bond donors (Lipinski definition) is 0. The molecule has 1 aliphatic heterocycles. The molecular weight excluding hydrogens is 264 g/mol. The van der Waals surface area contributed by atoms with Gasteiger partial charge in [-0.3, -0.25) is 14.5 Å². The van der Waals surface area contributed by atoms with Gasteiger partial charge in [0.15, 0.2) is 0 Å². The second-order valence-electron chi connectivity index (χ2n) is 4.44. The number of hydrogen-bond acceptors (Lipinski definition) is 5. The Hall–Kier alpha value is -1.40. The standard InChI is InChI=1S/C13H18N2O3S/c1-18-12(16)4-5-14-6-8-15(9-7-14)13(17)11-3-2-10-19-11/h2-3,10H,4-9H2,1H3. The predicted octanol–water partition coefficient (Wildman–Crippen LogP) is 1.07. The van der Waals surface area contributed by atoms with Crippen molar-refractivity contribution >= 4 is 23.2 Å². The lowest BCUT2D eigenvalue weighted by atomic mass is 10.2. The topological polar surface area (TPSA) is 49.9 Å². The maximum absolute atomic E-state index is 12.1. The summed E-state index contributed by atoms with van der Waals surface area (Å²) in [4.78, 5) is 28.1. The number of methoxy groups -OCH3 is 1. The van der Waals surface area contributed by atoms with E-state index in [0.717, 1.165) is 31.1 Å². The van der Waals surface area contributed by atoms with E-state index in [0.29, 0.717) is 13.0 Å². The molecule has 0 spiro atoms. The zero-order valence-corrected chi connectivity index (χ0v) is 11.8. The zero-order chi connectivity index (χ0) is 13.7. The van der Waals surface area contributed by atoms with E-state index in [9.17, 15) is 9.59 Å². The number of esters is 1. The van der Waals surface area contributed by atoms with Crippen LogP contribution in [0.4, 0.5) is 0 Å². The normalized spacial score (nSPS) is 16.4. The average molecular weight is 282 g/mol. The Morgan fingerprint density at radius 3 is 2.63 bits per heavy atom. The van der Waals surface area contributed by atoms with Crippen molar-refractivity contribution in [2.75, 3.05) is 39.8 Å². The van der Waals surface area contributed by atoms with Crippen LogP contribution in [-0.4, -0.2) is 61.5 Å². The Labute approximate surface area is 116 Å². The van der Waals surface area contributed by atoms with Crippen molar-refractivity contribution in [3.05, 3.63) is 22.4 Å². The summed E-state index contributed by atoms with van der Waals surface area (Å²) >= 11 is 1.48. The van der Waals surface area contributed by atoms with Crippen molar-refractivity contribution in [1.29, 1.82) is 0 Å². The van der Waals surface area contributed by atoms with Crippen LogP contribution in [0.2, 0.25) is 0 Å². The van der Waals surface area contributed by atoms with Crippen molar-refractivity contribution in [2.24, 2.45) is 0 Å². The molecule has 19 heavy (non-hydrogen) atoms. The number of nitrogens with zero attached hydrogens (tertiary/aromatic N) is 2. The lowest BCUT2D eigenvalue weighted by Gasteiger charge is -2.34. The van der Waals surface area contributed by atoms with Gasteiger partial charge in [-0.2, -0.15) is 0 Å². The highest BCUT2D eigenvalue weighted by Crippen LogP contribution is 2.13. The van der Waals surface area contributed by atoms with Gasteiger partial charge in [-0.1, -0.05) is 6.07 Å². The maximum atomic E-state index is 12.1. The van der Waals surface area contributed by atoms with Crippen LogP contribution in [0.1, 0.15) is 16.1 Å². The van der Waals surface area contributed by atoms with E-state index in [-0.39, 0.29) is 11.9 Å². The number of carbonyl (C=O) groups is 2. The van der Waals surface area contributed by atoms with E-state index in [2.05, 4.69) is 9.64 Å². The number of rotatable bonds is 4. The summed E-state index contributed by atoms with van der Waals surface area (Å²) in [5.74, 6) is -0.0697. The van der Waals surface area contributed by atoms with Gasteiger partial charge in [-0.15, -0.1) is 11.3 Å². The molecule has 104 valence electrons. The van der Waals surface area contributed by atoms with Crippen molar-refractivity contribution in [2.45, 2.75) is 6.42 Å². The van der Waals surface area contributed by atoms with E-state index >= 15 is 0 Å². The Bertz CT molecular complexity index is 425. The summed E-state index contributed by atoms with van der Waals surface area (Å²) in [5, 5.41) is 1.92. The van der Waals surface area contributed by atoms with E-state index < -0.39 is 0 Å². The summed E-state index contributed by atoms with van der Waals surface area (Å²) < 4.78 is 4.62. The Morgan fingerprint density at radius 2 is 2.05 bits per heavy atom. The minimum absolute atomic E-state index is 0.114. The van der Waals surface area contributed by atoms with E-state index in [1.165, 1.54) is 18.4 Å². The first kappa shape index (κ1) is 14.0. The van der Waals surface area contributed by atoms with Gasteiger partial charge in [0.2, 0.25) is 0 Å². The Morgan fingerprint density at radius 1 is 1.32 bits per heavy atom. The van der Waals surface area contributed by atoms with Crippen molar-refractivity contribution in [1.82, 2.24) is 9.80 Å². The van der Waals surface area contributed by atoms with Gasteiger partial charge in [0.1, 0.15) is 0 Å². The van der Waals surface area contributed by atoms with E-state index in [1.54, 1.807) is 0 Å². The third kappa shape index (κ3) is 3.78. The summed E-state index contributed by atoms with van der Waals surface area (Å²) in [6.45, 7) is 3.77. The number of thiophene rings is 1. The van der Waals surface area contributed by atoms with Crippen LogP contribution in [-0.2, 0) is 9.53 Å². The molecular formula is C13H18N2O3S. The molecule has 0 N–H and O–H groups in total. The second kappa shape index (κ2) is 6.68. The van der Waals surface area contributed by atoms with Gasteiger partial charge in [-0.05, 0) is 11.4 Å². The highest BCUT2D eigenvalue weighted by Gasteiger charge is 2.22. The minimum Gasteiger partial charge on any atom is -0.469 e. The van der Waals surface area contributed by atoms with Crippen LogP contribution in [0.3, 0.4) is 0 Å². The zero-order valence-electron chi connectivity index (χ0n) is 11.0. The smallest absolute Gasteiger partial charge is 0.306 e. The van der Waals surface area contributed by atoms with Gasteiger partial charge in [0, 0.05) is 32.7 Å². The third-order valence-electron chi connectivity index (χ3n) is 3.25. The van der Waals surface area contributed by atoms with Gasteiger partial charge >= 0.3 is 5.97 Å². The molecule has 5 nitrogen and oxygen atoms in total. The Kier molecular flexibility index (Phi) is 4.93. The molecule has 6 heteroatoms. The van der Waals surface area contributed by atoms with Gasteiger partial charge in [0.05, 0.1) is 18.4 Å². The first-order valence-electron chi connectivity index (χ1n) is 6.32. The molecule has 0 radical (unpaired) electrons. The maximum Gasteiger partial charge on any atom is 0.306 e. The van der Waals surface area contributed by atoms with E-state index in [4.69, 9.17) is 0 Å². The predicted molar refractivity (Wildman–Crippen MR) is 73.3 cm³/mol. The SMILES string of the molecule is COC(=O)CCN1CCN(C(=O)c2cccs2)CC1. The van der Waals surface area contributed by atoms with Crippen LogP contribution in [0.25, 0.3) is 0 Å².